The van der Waals surface area contributed by atoms with Gasteiger partial charge < -0.3 is 5.73 Å². The van der Waals surface area contributed by atoms with Crippen LogP contribution in [0.3, 0.4) is 0 Å². The number of hydrogen-bond acceptors (Lipinski definition) is 3. The number of aryl methyl sites for hydroxylation is 1. The molecule has 0 amide bonds. The van der Waals surface area contributed by atoms with Gasteiger partial charge in [0.25, 0.3) is 0 Å². The molecule has 0 aliphatic rings. The molecule has 0 aliphatic carbocycles. The van der Waals surface area contributed by atoms with Gasteiger partial charge in [0.05, 0.1) is 0 Å². The first-order valence-corrected chi connectivity index (χ1v) is 5.75. The molecule has 0 bridgehead atoms. The average molecular weight is 210 g/mol. The standard InChI is InChI=1S/C11H22N4/c1-4-5-15-11(13-8-14-15)7-10(12)6-9(2)3/h8-10H,4-7,12H2,1-3H3. The van der Waals surface area contributed by atoms with Crippen molar-refractivity contribution >= 4 is 0 Å². The van der Waals surface area contributed by atoms with E-state index in [-0.39, 0.29) is 6.04 Å². The predicted molar refractivity (Wildman–Crippen MR) is 61.4 cm³/mol. The highest BCUT2D eigenvalue weighted by atomic mass is 15.3. The van der Waals surface area contributed by atoms with Gasteiger partial charge in [0, 0.05) is 19.0 Å². The zero-order chi connectivity index (χ0) is 11.3. The van der Waals surface area contributed by atoms with E-state index in [1.54, 1.807) is 6.33 Å². The zero-order valence-electron chi connectivity index (χ0n) is 9.98. The minimum absolute atomic E-state index is 0.199. The molecule has 1 aromatic rings. The van der Waals surface area contributed by atoms with Crippen LogP contribution in [0.15, 0.2) is 6.33 Å². The van der Waals surface area contributed by atoms with E-state index in [1.807, 2.05) is 4.68 Å². The SMILES string of the molecule is CCCn1ncnc1CC(N)CC(C)C. The highest BCUT2D eigenvalue weighted by molar-refractivity contribution is 4.89. The molecule has 0 aliphatic heterocycles. The fourth-order valence-corrected chi connectivity index (χ4v) is 1.77. The molecule has 0 fully saturated rings. The minimum Gasteiger partial charge on any atom is -0.327 e. The van der Waals surface area contributed by atoms with Crippen LogP contribution in [0.25, 0.3) is 0 Å². The fourth-order valence-electron chi connectivity index (χ4n) is 1.77. The topological polar surface area (TPSA) is 56.7 Å². The first-order valence-electron chi connectivity index (χ1n) is 5.75. The lowest BCUT2D eigenvalue weighted by Gasteiger charge is -2.13. The molecule has 1 unspecified atom stereocenters. The maximum Gasteiger partial charge on any atom is 0.138 e. The first-order chi connectivity index (χ1) is 7.13. The first kappa shape index (κ1) is 12.2. The van der Waals surface area contributed by atoms with Crippen LogP contribution < -0.4 is 5.73 Å². The van der Waals surface area contributed by atoms with Gasteiger partial charge in [0.15, 0.2) is 0 Å². The van der Waals surface area contributed by atoms with Gasteiger partial charge in [0.1, 0.15) is 12.2 Å². The summed E-state index contributed by atoms with van der Waals surface area (Å²) < 4.78 is 1.96. The molecule has 1 rings (SSSR count). The number of rotatable bonds is 6. The van der Waals surface area contributed by atoms with Crippen molar-refractivity contribution in [2.75, 3.05) is 0 Å². The molecule has 1 aromatic heterocycles. The van der Waals surface area contributed by atoms with Crippen molar-refractivity contribution in [3.63, 3.8) is 0 Å². The third-order valence-electron chi connectivity index (χ3n) is 2.35. The van der Waals surface area contributed by atoms with Crippen molar-refractivity contribution < 1.29 is 0 Å². The Morgan fingerprint density at radius 1 is 1.47 bits per heavy atom. The second kappa shape index (κ2) is 5.85. The fraction of sp³-hybridized carbons (Fsp3) is 0.818. The molecular formula is C11H22N4. The van der Waals surface area contributed by atoms with Gasteiger partial charge >= 0.3 is 0 Å². The summed E-state index contributed by atoms with van der Waals surface area (Å²) in [4.78, 5) is 4.25. The van der Waals surface area contributed by atoms with E-state index in [0.29, 0.717) is 5.92 Å². The maximum absolute atomic E-state index is 6.05. The molecule has 4 heteroatoms. The lowest BCUT2D eigenvalue weighted by atomic mass is 10.0. The summed E-state index contributed by atoms with van der Waals surface area (Å²) in [5.41, 5.74) is 6.05. The van der Waals surface area contributed by atoms with E-state index < -0.39 is 0 Å². The van der Waals surface area contributed by atoms with E-state index in [2.05, 4.69) is 30.9 Å². The summed E-state index contributed by atoms with van der Waals surface area (Å²) in [5.74, 6) is 1.66. The van der Waals surface area contributed by atoms with E-state index in [1.165, 1.54) is 0 Å². The van der Waals surface area contributed by atoms with E-state index >= 15 is 0 Å². The summed E-state index contributed by atoms with van der Waals surface area (Å²) in [6.45, 7) is 7.45. The van der Waals surface area contributed by atoms with Crippen LogP contribution in [0.4, 0.5) is 0 Å². The Kier molecular flexibility index (Phi) is 4.75. The Labute approximate surface area is 91.9 Å². The van der Waals surface area contributed by atoms with Gasteiger partial charge in [-0.3, -0.25) is 4.68 Å². The molecule has 2 N–H and O–H groups in total. The van der Waals surface area contributed by atoms with Gasteiger partial charge in [-0.25, -0.2) is 4.98 Å². The Morgan fingerprint density at radius 3 is 2.80 bits per heavy atom. The summed E-state index contributed by atoms with van der Waals surface area (Å²) in [7, 11) is 0. The third kappa shape index (κ3) is 4.00. The van der Waals surface area contributed by atoms with Gasteiger partial charge in [-0.2, -0.15) is 5.10 Å². The highest BCUT2D eigenvalue weighted by Gasteiger charge is 2.11. The van der Waals surface area contributed by atoms with Crippen LogP contribution in [0, 0.1) is 5.92 Å². The van der Waals surface area contributed by atoms with Crippen molar-refractivity contribution in [2.45, 2.75) is 52.6 Å². The monoisotopic (exact) mass is 210 g/mol. The summed E-state index contributed by atoms with van der Waals surface area (Å²) in [5, 5.41) is 4.19. The average Bonchev–Trinajstić information content (AvgIpc) is 2.52. The van der Waals surface area contributed by atoms with Crippen LogP contribution in [0.5, 0.6) is 0 Å². The quantitative estimate of drug-likeness (QED) is 0.776. The lowest BCUT2D eigenvalue weighted by Crippen LogP contribution is -2.26. The van der Waals surface area contributed by atoms with Crippen LogP contribution in [-0.4, -0.2) is 20.8 Å². The number of nitrogens with zero attached hydrogens (tertiary/aromatic N) is 3. The van der Waals surface area contributed by atoms with Crippen LogP contribution in [-0.2, 0) is 13.0 Å². The lowest BCUT2D eigenvalue weighted by molar-refractivity contribution is 0.469. The summed E-state index contributed by atoms with van der Waals surface area (Å²) in [6, 6.07) is 0.199. The van der Waals surface area contributed by atoms with Crippen molar-refractivity contribution in [1.29, 1.82) is 0 Å². The highest BCUT2D eigenvalue weighted by Crippen LogP contribution is 2.07. The van der Waals surface area contributed by atoms with E-state index in [9.17, 15) is 0 Å². The Balaban J connectivity index is 2.51. The summed E-state index contributed by atoms with van der Waals surface area (Å²) in [6.07, 6.45) is 4.57. The van der Waals surface area contributed by atoms with Crippen LogP contribution in [0.2, 0.25) is 0 Å². The van der Waals surface area contributed by atoms with Crippen molar-refractivity contribution in [2.24, 2.45) is 11.7 Å². The van der Waals surface area contributed by atoms with Gasteiger partial charge in [-0.15, -0.1) is 0 Å². The minimum atomic E-state index is 0.199. The van der Waals surface area contributed by atoms with Crippen LogP contribution in [0.1, 0.15) is 39.4 Å². The molecule has 0 spiro atoms. The normalized spacial score (nSPS) is 13.4. The molecule has 1 atom stereocenters. The third-order valence-corrected chi connectivity index (χ3v) is 2.35. The van der Waals surface area contributed by atoms with Crippen molar-refractivity contribution in [3.05, 3.63) is 12.2 Å². The second-order valence-corrected chi connectivity index (χ2v) is 4.49. The second-order valence-electron chi connectivity index (χ2n) is 4.49. The maximum atomic E-state index is 6.05. The molecule has 1 heterocycles. The van der Waals surface area contributed by atoms with E-state index in [4.69, 9.17) is 5.73 Å². The molecule has 0 aromatic carbocycles. The van der Waals surface area contributed by atoms with Crippen molar-refractivity contribution in [1.82, 2.24) is 14.8 Å². The van der Waals surface area contributed by atoms with Crippen molar-refractivity contribution in [3.8, 4) is 0 Å². The predicted octanol–water partition coefficient (Wildman–Crippen LogP) is 1.60. The Hall–Kier alpha value is -0.900. The van der Waals surface area contributed by atoms with Crippen LogP contribution >= 0.6 is 0 Å². The van der Waals surface area contributed by atoms with Gasteiger partial charge in [-0.05, 0) is 18.8 Å². The molecule has 0 radical (unpaired) electrons. The number of aromatic nitrogens is 3. The summed E-state index contributed by atoms with van der Waals surface area (Å²) >= 11 is 0. The zero-order valence-corrected chi connectivity index (χ0v) is 9.98. The molecule has 0 saturated heterocycles. The van der Waals surface area contributed by atoms with Gasteiger partial charge in [0.2, 0.25) is 0 Å². The van der Waals surface area contributed by atoms with Gasteiger partial charge in [-0.1, -0.05) is 20.8 Å². The molecular weight excluding hydrogens is 188 g/mol. The number of hydrogen-bond donors (Lipinski definition) is 1. The molecule has 86 valence electrons. The Morgan fingerprint density at radius 2 is 2.20 bits per heavy atom. The van der Waals surface area contributed by atoms with E-state index in [0.717, 1.165) is 31.6 Å². The Bertz CT molecular complexity index is 280. The molecule has 4 nitrogen and oxygen atoms in total. The number of nitrogens with two attached hydrogens (primary N) is 1. The largest absolute Gasteiger partial charge is 0.327 e. The molecule has 0 saturated carbocycles. The molecule has 15 heavy (non-hydrogen) atoms. The smallest absolute Gasteiger partial charge is 0.138 e.